The lowest BCUT2D eigenvalue weighted by atomic mass is 10.3. The molecule has 6 nitrogen and oxygen atoms in total. The van der Waals surface area contributed by atoms with Crippen molar-refractivity contribution in [1.82, 2.24) is 4.72 Å². The van der Waals surface area contributed by atoms with Crippen molar-refractivity contribution in [2.24, 2.45) is 0 Å². The number of hydrogen-bond donors (Lipinski definition) is 3. The fraction of sp³-hybridized carbons (Fsp3) is 0.455. The van der Waals surface area contributed by atoms with Gasteiger partial charge in [-0.15, -0.1) is 0 Å². The van der Waals surface area contributed by atoms with Crippen molar-refractivity contribution in [3.8, 4) is 5.75 Å². The zero-order valence-electron chi connectivity index (χ0n) is 10.2. The highest BCUT2D eigenvalue weighted by atomic mass is 32.2. The van der Waals surface area contributed by atoms with Crippen molar-refractivity contribution < 1.29 is 18.3 Å². The molecule has 0 saturated heterocycles. The molecule has 7 heteroatoms. The number of rotatable bonds is 7. The molecule has 0 aliphatic heterocycles. The molecule has 18 heavy (non-hydrogen) atoms. The molecule has 1 unspecified atom stereocenters. The van der Waals surface area contributed by atoms with Gasteiger partial charge in [0.1, 0.15) is 12.4 Å². The highest BCUT2D eigenvalue weighted by Gasteiger charge is 2.11. The van der Waals surface area contributed by atoms with Crippen LogP contribution in [0, 0.1) is 0 Å². The molecule has 1 rings (SSSR count). The molecule has 0 aliphatic rings. The Balaban J connectivity index is 2.40. The van der Waals surface area contributed by atoms with E-state index in [1.165, 1.54) is 6.92 Å². The van der Waals surface area contributed by atoms with Gasteiger partial charge in [-0.25, -0.2) is 13.1 Å². The van der Waals surface area contributed by atoms with E-state index in [0.717, 1.165) is 0 Å². The van der Waals surface area contributed by atoms with Crippen LogP contribution in [-0.2, 0) is 10.0 Å². The third-order valence-corrected chi connectivity index (χ3v) is 3.44. The van der Waals surface area contributed by atoms with Crippen LogP contribution in [0.25, 0.3) is 0 Å². The number of nitrogens with two attached hydrogens (primary N) is 1. The topological polar surface area (TPSA) is 102 Å². The molecule has 0 radical (unpaired) electrons. The summed E-state index contributed by atoms with van der Waals surface area (Å²) in [6, 6.07) is 6.87. The van der Waals surface area contributed by atoms with Crippen LogP contribution >= 0.6 is 0 Å². The summed E-state index contributed by atoms with van der Waals surface area (Å²) in [6.07, 6.45) is -0.717. The minimum absolute atomic E-state index is 0.00333. The summed E-state index contributed by atoms with van der Waals surface area (Å²) < 4.78 is 30.5. The largest absolute Gasteiger partial charge is 0.490 e. The van der Waals surface area contributed by atoms with Crippen molar-refractivity contribution in [3.05, 3.63) is 24.3 Å². The van der Waals surface area contributed by atoms with E-state index in [2.05, 4.69) is 4.72 Å². The number of para-hydroxylation sites is 2. The van der Waals surface area contributed by atoms with Crippen LogP contribution in [0.1, 0.15) is 6.92 Å². The molecule has 1 aromatic carbocycles. The molecular weight excluding hydrogens is 256 g/mol. The first kappa shape index (κ1) is 14.7. The van der Waals surface area contributed by atoms with Gasteiger partial charge >= 0.3 is 0 Å². The fourth-order valence-electron chi connectivity index (χ4n) is 1.19. The number of aliphatic hydroxyl groups is 1. The molecule has 1 atom stereocenters. The fourth-order valence-corrected chi connectivity index (χ4v) is 2.14. The van der Waals surface area contributed by atoms with Crippen molar-refractivity contribution in [1.29, 1.82) is 0 Å². The lowest BCUT2D eigenvalue weighted by Gasteiger charge is -2.10. The number of nitrogens with one attached hydrogen (secondary N) is 1. The minimum atomic E-state index is -3.44. The molecule has 0 heterocycles. The minimum Gasteiger partial charge on any atom is -0.490 e. The molecule has 102 valence electrons. The molecule has 4 N–H and O–H groups in total. The summed E-state index contributed by atoms with van der Waals surface area (Å²) in [5, 5.41) is 8.98. The number of ether oxygens (including phenoxy) is 1. The molecule has 1 aromatic rings. The molecule has 0 bridgehead atoms. The Morgan fingerprint density at radius 3 is 2.72 bits per heavy atom. The third kappa shape index (κ3) is 5.35. The van der Waals surface area contributed by atoms with Crippen LogP contribution in [0.2, 0.25) is 0 Å². The highest BCUT2D eigenvalue weighted by molar-refractivity contribution is 7.89. The molecular formula is C11H18N2O4S. The average molecular weight is 274 g/mol. The SMILES string of the molecule is CC(O)CNS(=O)(=O)CCOc1ccccc1N. The lowest BCUT2D eigenvalue weighted by molar-refractivity contribution is 0.198. The Hall–Kier alpha value is -1.31. The summed E-state index contributed by atoms with van der Waals surface area (Å²) in [4.78, 5) is 0. The first-order valence-electron chi connectivity index (χ1n) is 5.53. The number of hydrogen-bond acceptors (Lipinski definition) is 5. The summed E-state index contributed by atoms with van der Waals surface area (Å²) in [6.45, 7) is 1.50. The van der Waals surface area contributed by atoms with Gasteiger partial charge in [0.05, 0.1) is 17.5 Å². The number of nitrogen functional groups attached to an aromatic ring is 1. The summed E-state index contributed by atoms with van der Waals surface area (Å²) >= 11 is 0. The van der Waals surface area contributed by atoms with Crippen LogP contribution in [0.4, 0.5) is 5.69 Å². The molecule has 0 aromatic heterocycles. The Labute approximate surface area is 107 Å². The van der Waals surface area contributed by atoms with Crippen LogP contribution in [0.3, 0.4) is 0 Å². The van der Waals surface area contributed by atoms with Gasteiger partial charge in [-0.05, 0) is 19.1 Å². The maximum Gasteiger partial charge on any atom is 0.215 e. The van der Waals surface area contributed by atoms with E-state index in [1.807, 2.05) is 0 Å². The van der Waals surface area contributed by atoms with Gasteiger partial charge in [0.15, 0.2) is 0 Å². The molecule has 0 spiro atoms. The van der Waals surface area contributed by atoms with Crippen LogP contribution in [0.15, 0.2) is 24.3 Å². The van der Waals surface area contributed by atoms with Crippen molar-refractivity contribution in [3.63, 3.8) is 0 Å². The summed E-state index contributed by atoms with van der Waals surface area (Å²) in [5.74, 6) is 0.275. The molecule has 0 fully saturated rings. The third-order valence-electron chi connectivity index (χ3n) is 2.13. The van der Waals surface area contributed by atoms with Crippen LogP contribution in [0.5, 0.6) is 5.75 Å². The zero-order valence-corrected chi connectivity index (χ0v) is 11.0. The van der Waals surface area contributed by atoms with E-state index in [-0.39, 0.29) is 18.9 Å². The zero-order chi connectivity index (χ0) is 13.6. The molecule has 0 amide bonds. The maximum absolute atomic E-state index is 11.5. The quantitative estimate of drug-likeness (QED) is 0.605. The highest BCUT2D eigenvalue weighted by Crippen LogP contribution is 2.19. The smallest absolute Gasteiger partial charge is 0.215 e. The Morgan fingerprint density at radius 2 is 2.11 bits per heavy atom. The molecule has 0 aliphatic carbocycles. The maximum atomic E-state index is 11.5. The standard InChI is InChI=1S/C11H18N2O4S/c1-9(14)8-13-18(15,16)7-6-17-11-5-3-2-4-10(11)12/h2-5,9,13-14H,6-8,12H2,1H3. The number of aliphatic hydroxyl groups excluding tert-OH is 1. The van der Waals surface area contributed by atoms with E-state index in [1.54, 1.807) is 24.3 Å². The van der Waals surface area contributed by atoms with Gasteiger partial charge in [-0.3, -0.25) is 0 Å². The van der Waals surface area contributed by atoms with E-state index in [4.69, 9.17) is 15.6 Å². The van der Waals surface area contributed by atoms with E-state index < -0.39 is 16.1 Å². The van der Waals surface area contributed by atoms with Crippen molar-refractivity contribution in [2.45, 2.75) is 13.0 Å². The van der Waals surface area contributed by atoms with Gasteiger partial charge in [0.25, 0.3) is 0 Å². The van der Waals surface area contributed by atoms with Crippen LogP contribution < -0.4 is 15.2 Å². The first-order chi connectivity index (χ1) is 8.41. The Bertz CT molecular complexity index is 474. The van der Waals surface area contributed by atoms with Gasteiger partial charge < -0.3 is 15.6 Å². The number of anilines is 1. The molecule has 0 saturated carbocycles. The van der Waals surface area contributed by atoms with Crippen molar-refractivity contribution in [2.75, 3.05) is 24.6 Å². The number of sulfonamides is 1. The van der Waals surface area contributed by atoms with Gasteiger partial charge in [0.2, 0.25) is 10.0 Å². The van der Waals surface area contributed by atoms with Gasteiger partial charge in [-0.2, -0.15) is 0 Å². The van der Waals surface area contributed by atoms with Gasteiger partial charge in [-0.1, -0.05) is 12.1 Å². The Morgan fingerprint density at radius 1 is 1.44 bits per heavy atom. The first-order valence-corrected chi connectivity index (χ1v) is 7.18. The van der Waals surface area contributed by atoms with E-state index >= 15 is 0 Å². The number of benzene rings is 1. The predicted molar refractivity (Wildman–Crippen MR) is 69.8 cm³/mol. The van der Waals surface area contributed by atoms with Crippen molar-refractivity contribution >= 4 is 15.7 Å². The second-order valence-corrected chi connectivity index (χ2v) is 5.83. The Kier molecular flexibility index (Phi) is 5.39. The second kappa shape index (κ2) is 6.58. The summed E-state index contributed by atoms with van der Waals surface area (Å²) in [7, 11) is -3.44. The normalized spacial score (nSPS) is 13.2. The summed E-state index contributed by atoms with van der Waals surface area (Å²) in [5.41, 5.74) is 6.11. The van der Waals surface area contributed by atoms with E-state index in [0.29, 0.717) is 11.4 Å². The average Bonchev–Trinajstić information content (AvgIpc) is 2.29. The van der Waals surface area contributed by atoms with E-state index in [9.17, 15) is 8.42 Å². The monoisotopic (exact) mass is 274 g/mol. The van der Waals surface area contributed by atoms with Crippen LogP contribution in [-0.4, -0.2) is 38.5 Å². The lowest BCUT2D eigenvalue weighted by Crippen LogP contribution is -2.34. The second-order valence-electron chi connectivity index (χ2n) is 3.90. The predicted octanol–water partition coefficient (Wildman–Crippen LogP) is -0.0522. The van der Waals surface area contributed by atoms with Gasteiger partial charge in [0, 0.05) is 6.54 Å².